The van der Waals surface area contributed by atoms with Crippen molar-refractivity contribution >= 4 is 11.3 Å². The van der Waals surface area contributed by atoms with Crippen molar-refractivity contribution in [1.29, 1.82) is 0 Å². The Morgan fingerprint density at radius 2 is 1.92 bits per heavy atom. The van der Waals surface area contributed by atoms with E-state index >= 15 is 0 Å². The number of hydrogen-bond donors (Lipinski definition) is 1. The summed E-state index contributed by atoms with van der Waals surface area (Å²) in [4.78, 5) is 5.59. The molecule has 1 heterocycles. The number of rotatable bonds is 2. The number of nitrogens with zero attached hydrogens (tertiary/aromatic N) is 1. The first-order valence-electron chi connectivity index (χ1n) is 4.22. The Morgan fingerprint density at radius 1 is 1.33 bits per heavy atom. The molecule has 0 saturated carbocycles. The van der Waals surface area contributed by atoms with E-state index in [0.29, 0.717) is 5.92 Å². The van der Waals surface area contributed by atoms with E-state index in [4.69, 9.17) is 5.73 Å². The van der Waals surface area contributed by atoms with Gasteiger partial charge in [-0.3, -0.25) is 0 Å². The predicted octanol–water partition coefficient (Wildman–Crippen LogP) is 2.42. The van der Waals surface area contributed by atoms with Crippen molar-refractivity contribution in [2.45, 2.75) is 33.7 Å². The Hall–Kier alpha value is -0.410. The highest BCUT2D eigenvalue weighted by Crippen LogP contribution is 2.27. The Morgan fingerprint density at radius 3 is 2.25 bits per heavy atom. The Bertz CT molecular complexity index is 265. The predicted molar refractivity (Wildman–Crippen MR) is 53.4 cm³/mol. The highest BCUT2D eigenvalue weighted by Gasteiger charge is 2.15. The van der Waals surface area contributed by atoms with Gasteiger partial charge in [-0.05, 0) is 19.8 Å². The summed E-state index contributed by atoms with van der Waals surface area (Å²) < 4.78 is 0. The monoisotopic (exact) mass is 184 g/mol. The van der Waals surface area contributed by atoms with Crippen molar-refractivity contribution in [3.8, 4) is 0 Å². The van der Waals surface area contributed by atoms with E-state index in [-0.39, 0.29) is 6.04 Å². The van der Waals surface area contributed by atoms with Gasteiger partial charge in [-0.15, -0.1) is 11.3 Å². The molecule has 1 aromatic rings. The zero-order valence-corrected chi connectivity index (χ0v) is 8.90. The van der Waals surface area contributed by atoms with E-state index in [9.17, 15) is 0 Å². The molecular weight excluding hydrogens is 168 g/mol. The van der Waals surface area contributed by atoms with Gasteiger partial charge in [0.15, 0.2) is 0 Å². The second-order valence-corrected chi connectivity index (χ2v) is 4.69. The molecule has 1 unspecified atom stereocenters. The molecule has 0 bridgehead atoms. The van der Waals surface area contributed by atoms with Gasteiger partial charge < -0.3 is 5.73 Å². The second-order valence-electron chi connectivity index (χ2n) is 3.45. The third kappa shape index (κ3) is 1.84. The molecule has 12 heavy (non-hydrogen) atoms. The molecule has 0 spiro atoms. The number of hydrogen-bond acceptors (Lipinski definition) is 3. The summed E-state index contributed by atoms with van der Waals surface area (Å²) in [6.45, 7) is 8.33. The zero-order chi connectivity index (χ0) is 9.30. The Kier molecular flexibility index (Phi) is 2.85. The number of aryl methyl sites for hydroxylation is 2. The lowest BCUT2D eigenvalue weighted by Crippen LogP contribution is -2.16. The normalized spacial score (nSPS) is 13.8. The number of thiazole rings is 1. The standard InChI is InChI=1S/C9H16N2S/c1-5(2)8(10)9-6(3)11-7(4)12-9/h5,8H,10H2,1-4H3. The summed E-state index contributed by atoms with van der Waals surface area (Å²) in [6.07, 6.45) is 0. The minimum atomic E-state index is 0.149. The first kappa shape index (κ1) is 9.68. The van der Waals surface area contributed by atoms with Gasteiger partial charge in [-0.25, -0.2) is 4.98 Å². The first-order chi connectivity index (χ1) is 5.52. The van der Waals surface area contributed by atoms with Crippen molar-refractivity contribution in [2.24, 2.45) is 11.7 Å². The molecule has 0 aliphatic carbocycles. The lowest BCUT2D eigenvalue weighted by atomic mass is 10.0. The van der Waals surface area contributed by atoms with Gasteiger partial charge in [-0.2, -0.15) is 0 Å². The fourth-order valence-corrected chi connectivity index (χ4v) is 2.26. The third-order valence-corrected chi connectivity index (χ3v) is 3.13. The van der Waals surface area contributed by atoms with Crippen molar-refractivity contribution in [3.05, 3.63) is 15.6 Å². The van der Waals surface area contributed by atoms with Crippen molar-refractivity contribution in [2.75, 3.05) is 0 Å². The van der Waals surface area contributed by atoms with Crippen LogP contribution in [0.5, 0.6) is 0 Å². The molecule has 1 rings (SSSR count). The van der Waals surface area contributed by atoms with E-state index in [1.54, 1.807) is 11.3 Å². The van der Waals surface area contributed by atoms with Gasteiger partial charge in [0.25, 0.3) is 0 Å². The van der Waals surface area contributed by atoms with E-state index in [1.807, 2.05) is 13.8 Å². The quantitative estimate of drug-likeness (QED) is 0.766. The number of nitrogens with two attached hydrogens (primary N) is 1. The molecular formula is C9H16N2S. The van der Waals surface area contributed by atoms with Crippen LogP contribution in [0.3, 0.4) is 0 Å². The summed E-state index contributed by atoms with van der Waals surface area (Å²) in [5.74, 6) is 0.489. The van der Waals surface area contributed by atoms with Gasteiger partial charge in [0, 0.05) is 10.9 Å². The van der Waals surface area contributed by atoms with Gasteiger partial charge in [0.2, 0.25) is 0 Å². The minimum absolute atomic E-state index is 0.149. The lowest BCUT2D eigenvalue weighted by Gasteiger charge is -2.13. The fraction of sp³-hybridized carbons (Fsp3) is 0.667. The number of aromatic nitrogens is 1. The SMILES string of the molecule is Cc1nc(C)c(C(N)C(C)C)s1. The molecule has 1 atom stereocenters. The third-order valence-electron chi connectivity index (χ3n) is 1.96. The second kappa shape index (κ2) is 3.54. The van der Waals surface area contributed by atoms with Crippen molar-refractivity contribution in [3.63, 3.8) is 0 Å². The zero-order valence-electron chi connectivity index (χ0n) is 8.09. The van der Waals surface area contributed by atoms with Gasteiger partial charge in [-0.1, -0.05) is 13.8 Å². The van der Waals surface area contributed by atoms with E-state index in [2.05, 4.69) is 18.8 Å². The molecule has 0 fully saturated rings. The molecule has 2 nitrogen and oxygen atoms in total. The highest BCUT2D eigenvalue weighted by molar-refractivity contribution is 7.11. The van der Waals surface area contributed by atoms with Crippen LogP contribution in [0.25, 0.3) is 0 Å². The maximum atomic E-state index is 6.02. The van der Waals surface area contributed by atoms with Crippen LogP contribution in [0.4, 0.5) is 0 Å². The Balaban J connectivity index is 2.94. The van der Waals surface area contributed by atoms with E-state index < -0.39 is 0 Å². The summed E-state index contributed by atoms with van der Waals surface area (Å²) in [6, 6.07) is 0.149. The summed E-state index contributed by atoms with van der Waals surface area (Å²) in [5, 5.41) is 1.11. The molecule has 0 amide bonds. The molecule has 1 aromatic heterocycles. The van der Waals surface area contributed by atoms with Gasteiger partial charge in [0.05, 0.1) is 10.7 Å². The van der Waals surface area contributed by atoms with Crippen LogP contribution in [0.15, 0.2) is 0 Å². The van der Waals surface area contributed by atoms with Gasteiger partial charge >= 0.3 is 0 Å². The average molecular weight is 184 g/mol. The molecule has 3 heteroatoms. The van der Waals surface area contributed by atoms with Crippen molar-refractivity contribution < 1.29 is 0 Å². The van der Waals surface area contributed by atoms with Gasteiger partial charge in [0.1, 0.15) is 0 Å². The van der Waals surface area contributed by atoms with Crippen LogP contribution >= 0.6 is 11.3 Å². The Labute approximate surface area is 77.8 Å². The maximum Gasteiger partial charge on any atom is 0.0900 e. The maximum absolute atomic E-state index is 6.02. The average Bonchev–Trinajstić information content (AvgIpc) is 2.28. The molecule has 0 aromatic carbocycles. The fourth-order valence-electron chi connectivity index (χ4n) is 1.16. The van der Waals surface area contributed by atoms with Crippen LogP contribution in [0.1, 0.15) is 35.5 Å². The molecule has 0 aliphatic rings. The molecule has 68 valence electrons. The van der Waals surface area contributed by atoms with Crippen molar-refractivity contribution in [1.82, 2.24) is 4.98 Å². The topological polar surface area (TPSA) is 38.9 Å². The van der Waals surface area contributed by atoms with Crippen LogP contribution in [0.2, 0.25) is 0 Å². The molecule has 2 N–H and O–H groups in total. The van der Waals surface area contributed by atoms with Crippen LogP contribution in [-0.4, -0.2) is 4.98 Å². The van der Waals surface area contributed by atoms with Crippen LogP contribution in [-0.2, 0) is 0 Å². The lowest BCUT2D eigenvalue weighted by molar-refractivity contribution is 0.518. The minimum Gasteiger partial charge on any atom is -0.323 e. The molecule has 0 saturated heterocycles. The van der Waals surface area contributed by atoms with Crippen LogP contribution < -0.4 is 5.73 Å². The highest BCUT2D eigenvalue weighted by atomic mass is 32.1. The smallest absolute Gasteiger partial charge is 0.0900 e. The summed E-state index contributed by atoms with van der Waals surface area (Å²) in [5.41, 5.74) is 7.12. The molecule has 0 aliphatic heterocycles. The van der Waals surface area contributed by atoms with Crippen LogP contribution in [0, 0.1) is 19.8 Å². The van der Waals surface area contributed by atoms with E-state index in [1.165, 1.54) is 4.88 Å². The summed E-state index contributed by atoms with van der Waals surface area (Å²) in [7, 11) is 0. The largest absolute Gasteiger partial charge is 0.323 e. The van der Waals surface area contributed by atoms with E-state index in [0.717, 1.165) is 10.7 Å². The molecule has 0 radical (unpaired) electrons. The summed E-state index contributed by atoms with van der Waals surface area (Å²) >= 11 is 1.71. The first-order valence-corrected chi connectivity index (χ1v) is 5.03.